The lowest BCUT2D eigenvalue weighted by Gasteiger charge is -2.09. The molecule has 0 bridgehead atoms. The molecule has 1 heterocycles. The van der Waals surface area contributed by atoms with Crippen LogP contribution >= 0.6 is 0 Å². The Balaban J connectivity index is 2.20. The highest BCUT2D eigenvalue weighted by molar-refractivity contribution is 5.86. The Morgan fingerprint density at radius 2 is 2.08 bits per heavy atom. The van der Waals surface area contributed by atoms with E-state index in [-0.39, 0.29) is 0 Å². The summed E-state index contributed by atoms with van der Waals surface area (Å²) in [6.45, 7) is 4.10. The van der Waals surface area contributed by atoms with E-state index in [1.807, 2.05) is 43.3 Å². The van der Waals surface area contributed by atoms with Crippen molar-refractivity contribution in [1.29, 1.82) is 0 Å². The fraction of sp³-hybridized carbons (Fsp3) is 0.300. The number of allylic oxidation sites excluding steroid dienone is 2. The number of hydrogen-bond acceptors (Lipinski definition) is 3. The molecule has 1 aromatic heterocycles. The maximum Gasteiger partial charge on any atom is 0.245 e. The molecule has 1 aromatic carbocycles. The molecule has 0 fully saturated rings. The van der Waals surface area contributed by atoms with Gasteiger partial charge in [-0.05, 0) is 38.0 Å². The molecule has 0 saturated heterocycles. The molecule has 2 rings (SSSR count). The summed E-state index contributed by atoms with van der Waals surface area (Å²) in [4.78, 5) is 15.8. The Bertz CT molecular complexity index is 763. The molecule has 4 heteroatoms. The molecular formula is C20H24N2O2. The molecular weight excluding hydrogens is 300 g/mol. The van der Waals surface area contributed by atoms with Gasteiger partial charge in [0.05, 0.1) is 5.52 Å². The lowest BCUT2D eigenvalue weighted by Crippen LogP contribution is -2.09. The van der Waals surface area contributed by atoms with E-state index < -0.39 is 5.91 Å². The fourth-order valence-corrected chi connectivity index (χ4v) is 2.38. The van der Waals surface area contributed by atoms with Crippen molar-refractivity contribution in [1.82, 2.24) is 4.98 Å². The van der Waals surface area contributed by atoms with Crippen LogP contribution < -0.4 is 10.5 Å². The van der Waals surface area contributed by atoms with E-state index in [0.717, 1.165) is 29.3 Å². The van der Waals surface area contributed by atoms with Crippen LogP contribution in [0.3, 0.4) is 0 Å². The maximum absolute atomic E-state index is 11.2. The van der Waals surface area contributed by atoms with E-state index in [2.05, 4.69) is 11.9 Å². The number of amides is 1. The number of pyridine rings is 1. The number of aryl methyl sites for hydroxylation is 1. The van der Waals surface area contributed by atoms with E-state index in [1.165, 1.54) is 18.9 Å². The number of ether oxygens (including phenoxy) is 1. The van der Waals surface area contributed by atoms with Crippen LogP contribution in [0.25, 0.3) is 10.9 Å². The Kier molecular flexibility index (Phi) is 6.55. The molecule has 2 aromatic rings. The molecule has 0 aliphatic rings. The predicted molar refractivity (Wildman–Crippen MR) is 97.7 cm³/mol. The van der Waals surface area contributed by atoms with Gasteiger partial charge in [-0.15, -0.1) is 0 Å². The number of nitrogens with zero attached hydrogens (tertiary/aromatic N) is 1. The number of fused-ring (bicyclic) bond motifs is 1. The molecule has 0 aliphatic heterocycles. The molecule has 24 heavy (non-hydrogen) atoms. The first-order chi connectivity index (χ1) is 11.6. The molecule has 0 radical (unpaired) electrons. The molecule has 0 aliphatic carbocycles. The maximum atomic E-state index is 11.2. The normalized spacial score (nSPS) is 12.0. The first-order valence-electron chi connectivity index (χ1n) is 8.32. The highest BCUT2D eigenvalue weighted by Gasteiger charge is 2.07. The Hall–Kier alpha value is -2.62. The fourth-order valence-electron chi connectivity index (χ4n) is 2.38. The minimum absolute atomic E-state index is 0.407. The molecule has 4 nitrogen and oxygen atoms in total. The highest BCUT2D eigenvalue weighted by atomic mass is 16.5. The van der Waals surface area contributed by atoms with E-state index in [9.17, 15) is 4.79 Å². The summed E-state index contributed by atoms with van der Waals surface area (Å²) in [6, 6.07) is 9.86. The molecule has 0 atom stereocenters. The summed E-state index contributed by atoms with van der Waals surface area (Å²) in [5.74, 6) is 0.353. The van der Waals surface area contributed by atoms with Crippen molar-refractivity contribution >= 4 is 16.8 Å². The first kappa shape index (κ1) is 17.7. The molecule has 0 saturated carbocycles. The summed E-state index contributed by atoms with van der Waals surface area (Å²) in [5.41, 5.74) is 7.03. The number of primary amides is 1. The number of rotatable bonds is 8. The van der Waals surface area contributed by atoms with Crippen LogP contribution in [-0.2, 0) is 4.79 Å². The summed E-state index contributed by atoms with van der Waals surface area (Å²) in [7, 11) is 0. The van der Waals surface area contributed by atoms with Gasteiger partial charge in [-0.25, -0.2) is 4.98 Å². The van der Waals surface area contributed by atoms with Gasteiger partial charge in [-0.2, -0.15) is 0 Å². The van der Waals surface area contributed by atoms with Crippen LogP contribution in [0.1, 0.15) is 38.2 Å². The average Bonchev–Trinajstić information content (AvgIpc) is 2.54. The SMILES string of the molecule is CCCCC/C=C/C(=C\C(N)=O)Oc1nc2ccccc2cc1C. The zero-order chi connectivity index (χ0) is 17.4. The number of nitrogens with two attached hydrogens (primary N) is 1. The monoisotopic (exact) mass is 324 g/mol. The van der Waals surface area contributed by atoms with Crippen molar-refractivity contribution in [3.63, 3.8) is 0 Å². The van der Waals surface area contributed by atoms with E-state index >= 15 is 0 Å². The van der Waals surface area contributed by atoms with Gasteiger partial charge in [0.25, 0.3) is 0 Å². The summed E-state index contributed by atoms with van der Waals surface area (Å²) >= 11 is 0. The van der Waals surface area contributed by atoms with E-state index in [0.29, 0.717) is 11.6 Å². The zero-order valence-electron chi connectivity index (χ0n) is 14.3. The Morgan fingerprint density at radius 3 is 2.83 bits per heavy atom. The average molecular weight is 324 g/mol. The molecule has 126 valence electrons. The second-order valence-electron chi connectivity index (χ2n) is 5.75. The van der Waals surface area contributed by atoms with Crippen molar-refractivity contribution in [2.24, 2.45) is 5.73 Å². The number of unbranched alkanes of at least 4 members (excludes halogenated alkanes) is 3. The van der Waals surface area contributed by atoms with Gasteiger partial charge in [0.1, 0.15) is 5.76 Å². The van der Waals surface area contributed by atoms with Gasteiger partial charge < -0.3 is 10.5 Å². The topological polar surface area (TPSA) is 65.2 Å². The lowest BCUT2D eigenvalue weighted by molar-refractivity contribution is -0.113. The Labute approximate surface area is 143 Å². The van der Waals surface area contributed by atoms with Gasteiger partial charge >= 0.3 is 0 Å². The van der Waals surface area contributed by atoms with E-state index in [1.54, 1.807) is 6.08 Å². The van der Waals surface area contributed by atoms with Gasteiger partial charge in [0.15, 0.2) is 0 Å². The first-order valence-corrected chi connectivity index (χ1v) is 8.32. The molecule has 1 amide bonds. The predicted octanol–water partition coefficient (Wildman–Crippen LogP) is 4.43. The van der Waals surface area contributed by atoms with Crippen molar-refractivity contribution in [2.75, 3.05) is 0 Å². The molecule has 2 N–H and O–H groups in total. The summed E-state index contributed by atoms with van der Waals surface area (Å²) in [5, 5.41) is 1.05. The summed E-state index contributed by atoms with van der Waals surface area (Å²) < 4.78 is 5.83. The number of benzene rings is 1. The second kappa shape index (κ2) is 8.87. The van der Waals surface area contributed by atoms with Crippen molar-refractivity contribution in [3.05, 3.63) is 59.9 Å². The van der Waals surface area contributed by atoms with Crippen molar-refractivity contribution in [3.8, 4) is 5.88 Å². The van der Waals surface area contributed by atoms with Crippen molar-refractivity contribution in [2.45, 2.75) is 39.5 Å². The molecule has 0 spiro atoms. The minimum Gasteiger partial charge on any atom is -0.439 e. The van der Waals surface area contributed by atoms with Crippen LogP contribution in [0.15, 0.2) is 54.3 Å². The smallest absolute Gasteiger partial charge is 0.245 e. The third kappa shape index (κ3) is 5.23. The van der Waals surface area contributed by atoms with Crippen LogP contribution in [-0.4, -0.2) is 10.9 Å². The lowest BCUT2D eigenvalue weighted by atomic mass is 10.1. The number of carbonyl (C=O) groups excluding carboxylic acids is 1. The number of aromatic nitrogens is 1. The third-order valence-electron chi connectivity index (χ3n) is 3.62. The largest absolute Gasteiger partial charge is 0.439 e. The number of para-hydroxylation sites is 1. The van der Waals surface area contributed by atoms with Gasteiger partial charge in [0, 0.05) is 17.0 Å². The van der Waals surface area contributed by atoms with Crippen LogP contribution in [0.4, 0.5) is 0 Å². The van der Waals surface area contributed by atoms with E-state index in [4.69, 9.17) is 10.5 Å². The highest BCUT2D eigenvalue weighted by Crippen LogP contribution is 2.23. The van der Waals surface area contributed by atoms with Crippen LogP contribution in [0.5, 0.6) is 5.88 Å². The minimum atomic E-state index is -0.540. The van der Waals surface area contributed by atoms with Gasteiger partial charge in [-0.1, -0.05) is 44.0 Å². The van der Waals surface area contributed by atoms with Crippen molar-refractivity contribution < 1.29 is 9.53 Å². The summed E-state index contributed by atoms with van der Waals surface area (Å²) in [6.07, 6.45) is 9.49. The standard InChI is InChI=1S/C20H24N2O2/c1-3-4-5-6-7-11-17(14-19(21)23)24-20-15(2)13-16-10-8-9-12-18(16)22-20/h7-14H,3-6H2,1-2H3,(H2,21,23)/b11-7+,17-14+. The number of hydrogen-bond donors (Lipinski definition) is 1. The van der Waals surface area contributed by atoms with Crippen LogP contribution in [0.2, 0.25) is 0 Å². The van der Waals surface area contributed by atoms with Crippen LogP contribution in [0, 0.1) is 6.92 Å². The zero-order valence-corrected chi connectivity index (χ0v) is 14.3. The second-order valence-corrected chi connectivity index (χ2v) is 5.75. The van der Waals surface area contributed by atoms with Gasteiger partial charge in [-0.3, -0.25) is 4.79 Å². The number of carbonyl (C=O) groups is 1. The molecule has 0 unspecified atom stereocenters. The Morgan fingerprint density at radius 1 is 1.29 bits per heavy atom. The van der Waals surface area contributed by atoms with Gasteiger partial charge in [0.2, 0.25) is 11.8 Å². The third-order valence-corrected chi connectivity index (χ3v) is 3.62. The quantitative estimate of drug-likeness (QED) is 0.338.